The minimum absolute atomic E-state index is 0.0149. The molecule has 2 aromatic rings. The SMILES string of the molecule is CCc1nnc(CN(C)CC(=O)Nc2nnc([C@@H]3CCCO3)s2)o1. The lowest BCUT2D eigenvalue weighted by atomic mass is 10.2. The lowest BCUT2D eigenvalue weighted by Crippen LogP contribution is -2.29. The molecule has 2 aromatic heterocycles. The molecule has 0 spiro atoms. The summed E-state index contributed by atoms with van der Waals surface area (Å²) in [5, 5.41) is 20.0. The number of carbonyl (C=O) groups excluding carboxylic acids is 1. The maximum Gasteiger partial charge on any atom is 0.240 e. The van der Waals surface area contributed by atoms with Crippen LogP contribution in [-0.2, 0) is 22.5 Å². The van der Waals surface area contributed by atoms with Gasteiger partial charge in [0.15, 0.2) is 0 Å². The molecule has 1 amide bonds. The van der Waals surface area contributed by atoms with Gasteiger partial charge < -0.3 is 9.15 Å². The third-order valence-corrected chi connectivity index (χ3v) is 4.45. The molecule has 9 nitrogen and oxygen atoms in total. The van der Waals surface area contributed by atoms with Crippen molar-refractivity contribution in [3.63, 3.8) is 0 Å². The zero-order valence-electron chi connectivity index (χ0n) is 13.7. The van der Waals surface area contributed by atoms with Crippen molar-refractivity contribution in [3.8, 4) is 0 Å². The van der Waals surface area contributed by atoms with Crippen molar-refractivity contribution in [2.75, 3.05) is 25.5 Å². The zero-order chi connectivity index (χ0) is 16.9. The van der Waals surface area contributed by atoms with Crippen LogP contribution in [0.2, 0.25) is 0 Å². The molecule has 1 fully saturated rings. The first-order chi connectivity index (χ1) is 11.6. The Kier molecular flexibility index (Phi) is 5.48. The highest BCUT2D eigenvalue weighted by atomic mass is 32.1. The van der Waals surface area contributed by atoms with Gasteiger partial charge in [-0.2, -0.15) is 0 Å². The van der Waals surface area contributed by atoms with Gasteiger partial charge in [0.25, 0.3) is 0 Å². The van der Waals surface area contributed by atoms with Gasteiger partial charge in [-0.05, 0) is 19.9 Å². The van der Waals surface area contributed by atoms with Crippen LogP contribution in [0.15, 0.2) is 4.42 Å². The second kappa shape index (κ2) is 7.77. The predicted octanol–water partition coefficient (Wildman–Crippen LogP) is 1.41. The molecule has 0 saturated carbocycles. The maximum absolute atomic E-state index is 12.1. The molecule has 0 aromatic carbocycles. The number of ether oxygens (including phenoxy) is 1. The minimum Gasteiger partial charge on any atom is -0.424 e. The predicted molar refractivity (Wildman–Crippen MR) is 86.5 cm³/mol. The molecule has 0 radical (unpaired) electrons. The van der Waals surface area contributed by atoms with Crippen LogP contribution < -0.4 is 5.32 Å². The quantitative estimate of drug-likeness (QED) is 0.797. The smallest absolute Gasteiger partial charge is 0.240 e. The Labute approximate surface area is 143 Å². The number of aryl methyl sites for hydroxylation is 1. The van der Waals surface area contributed by atoms with Gasteiger partial charge in [0.05, 0.1) is 13.1 Å². The van der Waals surface area contributed by atoms with E-state index in [1.807, 2.05) is 14.0 Å². The van der Waals surface area contributed by atoms with Crippen LogP contribution in [0.1, 0.15) is 42.7 Å². The topological polar surface area (TPSA) is 106 Å². The minimum atomic E-state index is -0.164. The number of nitrogens with zero attached hydrogens (tertiary/aromatic N) is 5. The molecule has 0 aliphatic carbocycles. The molecule has 1 atom stereocenters. The van der Waals surface area contributed by atoms with Crippen LogP contribution in [0.4, 0.5) is 5.13 Å². The Morgan fingerprint density at radius 2 is 2.17 bits per heavy atom. The van der Waals surface area contributed by atoms with E-state index in [0.29, 0.717) is 29.9 Å². The Bertz CT molecular complexity index is 682. The fourth-order valence-corrected chi connectivity index (χ4v) is 3.22. The lowest BCUT2D eigenvalue weighted by Gasteiger charge is -2.12. The number of aromatic nitrogens is 4. The van der Waals surface area contributed by atoms with E-state index in [4.69, 9.17) is 9.15 Å². The van der Waals surface area contributed by atoms with E-state index < -0.39 is 0 Å². The molecule has 1 aliphatic rings. The van der Waals surface area contributed by atoms with Gasteiger partial charge >= 0.3 is 0 Å². The molecule has 0 bridgehead atoms. The maximum atomic E-state index is 12.1. The van der Waals surface area contributed by atoms with Gasteiger partial charge in [0, 0.05) is 13.0 Å². The molecule has 24 heavy (non-hydrogen) atoms. The summed E-state index contributed by atoms with van der Waals surface area (Å²) in [5.74, 6) is 0.930. The van der Waals surface area contributed by atoms with Crippen LogP contribution in [0.3, 0.4) is 0 Å². The Morgan fingerprint density at radius 1 is 1.33 bits per heavy atom. The van der Waals surface area contributed by atoms with E-state index in [0.717, 1.165) is 24.5 Å². The third kappa shape index (κ3) is 4.34. The monoisotopic (exact) mass is 352 g/mol. The molecule has 3 heterocycles. The van der Waals surface area contributed by atoms with Gasteiger partial charge in [-0.1, -0.05) is 18.3 Å². The average molecular weight is 352 g/mol. The summed E-state index contributed by atoms with van der Waals surface area (Å²) in [7, 11) is 1.81. The van der Waals surface area contributed by atoms with Gasteiger partial charge in [0.2, 0.25) is 22.8 Å². The van der Waals surface area contributed by atoms with Crippen LogP contribution in [0, 0.1) is 0 Å². The van der Waals surface area contributed by atoms with E-state index >= 15 is 0 Å². The Hall–Kier alpha value is -1.91. The molecule has 0 unspecified atom stereocenters. The number of hydrogen-bond acceptors (Lipinski definition) is 9. The number of nitrogens with one attached hydrogen (secondary N) is 1. The second-order valence-electron chi connectivity index (χ2n) is 5.61. The number of likely N-dealkylation sites (N-methyl/N-ethyl adjacent to an activating group) is 1. The van der Waals surface area contributed by atoms with E-state index in [-0.39, 0.29) is 18.6 Å². The highest BCUT2D eigenvalue weighted by molar-refractivity contribution is 7.15. The summed E-state index contributed by atoms with van der Waals surface area (Å²) in [6.07, 6.45) is 2.70. The molecule has 10 heteroatoms. The molecule has 130 valence electrons. The first kappa shape index (κ1) is 16.9. The Morgan fingerprint density at radius 3 is 2.88 bits per heavy atom. The van der Waals surface area contributed by atoms with Gasteiger partial charge in [0.1, 0.15) is 11.1 Å². The van der Waals surface area contributed by atoms with Crippen LogP contribution in [0.5, 0.6) is 0 Å². The molecule has 1 N–H and O–H groups in total. The number of hydrogen-bond donors (Lipinski definition) is 1. The molecule has 1 saturated heterocycles. The van der Waals surface area contributed by atoms with Crippen LogP contribution in [0.25, 0.3) is 0 Å². The number of amides is 1. The van der Waals surface area contributed by atoms with E-state index in [2.05, 4.69) is 25.7 Å². The van der Waals surface area contributed by atoms with Gasteiger partial charge in [-0.3, -0.25) is 15.0 Å². The molecular formula is C14H20N6O3S. The number of anilines is 1. The van der Waals surface area contributed by atoms with Crippen molar-refractivity contribution < 1.29 is 13.9 Å². The summed E-state index contributed by atoms with van der Waals surface area (Å²) in [6, 6.07) is 0. The van der Waals surface area contributed by atoms with Crippen molar-refractivity contribution in [2.24, 2.45) is 0 Å². The summed E-state index contributed by atoms with van der Waals surface area (Å²) >= 11 is 1.36. The summed E-state index contributed by atoms with van der Waals surface area (Å²) in [4.78, 5) is 13.9. The summed E-state index contributed by atoms with van der Waals surface area (Å²) in [5.41, 5.74) is 0. The summed E-state index contributed by atoms with van der Waals surface area (Å²) in [6.45, 7) is 3.31. The van der Waals surface area contributed by atoms with Crippen molar-refractivity contribution >= 4 is 22.4 Å². The van der Waals surface area contributed by atoms with Crippen molar-refractivity contribution in [2.45, 2.75) is 38.8 Å². The highest BCUT2D eigenvalue weighted by Gasteiger charge is 2.22. The third-order valence-electron chi connectivity index (χ3n) is 3.52. The van der Waals surface area contributed by atoms with Crippen LogP contribution in [-0.4, -0.2) is 51.4 Å². The average Bonchev–Trinajstić information content (AvgIpc) is 3.27. The lowest BCUT2D eigenvalue weighted by molar-refractivity contribution is -0.117. The largest absolute Gasteiger partial charge is 0.424 e. The van der Waals surface area contributed by atoms with Gasteiger partial charge in [-0.25, -0.2) is 0 Å². The normalized spacial score (nSPS) is 17.5. The van der Waals surface area contributed by atoms with E-state index in [1.165, 1.54) is 11.3 Å². The summed E-state index contributed by atoms with van der Waals surface area (Å²) < 4.78 is 11.0. The first-order valence-electron chi connectivity index (χ1n) is 7.88. The number of rotatable bonds is 7. The molecule has 1 aliphatic heterocycles. The van der Waals surface area contributed by atoms with Crippen molar-refractivity contribution in [3.05, 3.63) is 16.8 Å². The first-order valence-corrected chi connectivity index (χ1v) is 8.70. The van der Waals surface area contributed by atoms with Crippen molar-refractivity contribution in [1.29, 1.82) is 0 Å². The molecular weight excluding hydrogens is 332 g/mol. The highest BCUT2D eigenvalue weighted by Crippen LogP contribution is 2.31. The molecule has 3 rings (SSSR count). The number of carbonyl (C=O) groups is 1. The standard InChI is InChI=1S/C14H20N6O3S/c1-3-11-16-17-12(23-11)8-20(2)7-10(21)15-14-19-18-13(24-14)9-5-4-6-22-9/h9H,3-8H2,1-2H3,(H,15,19,21)/t9-/m0/s1. The Balaban J connectivity index is 1.47. The zero-order valence-corrected chi connectivity index (χ0v) is 14.5. The fourth-order valence-electron chi connectivity index (χ4n) is 2.37. The van der Waals surface area contributed by atoms with Gasteiger partial charge in [-0.15, -0.1) is 20.4 Å². The van der Waals surface area contributed by atoms with E-state index in [9.17, 15) is 4.79 Å². The van der Waals surface area contributed by atoms with E-state index in [1.54, 1.807) is 4.90 Å². The van der Waals surface area contributed by atoms with Crippen molar-refractivity contribution in [1.82, 2.24) is 25.3 Å². The second-order valence-corrected chi connectivity index (χ2v) is 6.62. The van der Waals surface area contributed by atoms with Crippen LogP contribution >= 0.6 is 11.3 Å². The fraction of sp³-hybridized carbons (Fsp3) is 0.643.